The number of nitrogens with one attached hydrogen (secondary N) is 1. The smallest absolute Gasteiger partial charge is 0.338 e. The van der Waals surface area contributed by atoms with Crippen LogP contribution >= 0.6 is 0 Å². The summed E-state index contributed by atoms with van der Waals surface area (Å²) >= 11 is 0. The van der Waals surface area contributed by atoms with Crippen LogP contribution < -0.4 is 9.62 Å². The van der Waals surface area contributed by atoms with E-state index >= 15 is 0 Å². The van der Waals surface area contributed by atoms with E-state index in [0.717, 1.165) is 42.8 Å². The van der Waals surface area contributed by atoms with Crippen LogP contribution in [0, 0.1) is 6.92 Å². The van der Waals surface area contributed by atoms with E-state index in [9.17, 15) is 9.00 Å². The van der Waals surface area contributed by atoms with Crippen LogP contribution in [0.3, 0.4) is 0 Å². The Morgan fingerprint density at radius 2 is 1.85 bits per heavy atom. The van der Waals surface area contributed by atoms with Gasteiger partial charge in [-0.25, -0.2) is 13.7 Å². The van der Waals surface area contributed by atoms with Crippen molar-refractivity contribution in [2.75, 3.05) is 31.1 Å². The molecule has 5 nitrogen and oxygen atoms in total. The lowest BCUT2D eigenvalue weighted by molar-refractivity contribution is 0.0502. The molecule has 1 aliphatic rings. The second-order valence-corrected chi connectivity index (χ2v) is 9.58. The minimum absolute atomic E-state index is 0.265. The Kier molecular flexibility index (Phi) is 7.92. The quantitative estimate of drug-likeness (QED) is 0.357. The first-order valence-electron chi connectivity index (χ1n) is 11.4. The molecule has 1 atom stereocenters. The van der Waals surface area contributed by atoms with Crippen molar-refractivity contribution in [1.82, 2.24) is 4.72 Å². The van der Waals surface area contributed by atoms with Gasteiger partial charge in [-0.3, -0.25) is 0 Å². The van der Waals surface area contributed by atoms with E-state index in [0.29, 0.717) is 18.7 Å². The molecular weight excluding hydrogens is 432 g/mol. The standard InChI is InChI=1S/C27H30N2O3S/c1-21-8-11-25(12-9-21)33(31)28-16-14-22-10-13-26-24(20-22)15-18-29(26)17-5-19-32-27(30)23-6-3-2-4-7-23/h2-4,6-13,20,28H,5,14-19H2,1H3. The maximum absolute atomic E-state index is 12.4. The first kappa shape index (κ1) is 23.2. The Bertz CT molecular complexity index is 1100. The van der Waals surface area contributed by atoms with Gasteiger partial charge in [-0.15, -0.1) is 0 Å². The van der Waals surface area contributed by atoms with E-state index in [1.807, 2.05) is 49.4 Å². The molecule has 1 unspecified atom stereocenters. The second-order valence-electron chi connectivity index (χ2n) is 8.28. The average molecular weight is 463 g/mol. The van der Waals surface area contributed by atoms with E-state index in [2.05, 4.69) is 27.8 Å². The molecule has 6 heteroatoms. The lowest BCUT2D eigenvalue weighted by atomic mass is 10.1. The molecule has 4 rings (SSSR count). The van der Waals surface area contributed by atoms with E-state index < -0.39 is 11.0 Å². The van der Waals surface area contributed by atoms with Crippen molar-refractivity contribution in [3.8, 4) is 0 Å². The van der Waals surface area contributed by atoms with Crippen LogP contribution in [0.2, 0.25) is 0 Å². The highest BCUT2D eigenvalue weighted by atomic mass is 32.2. The number of hydrogen-bond acceptors (Lipinski definition) is 4. The normalized spacial score (nSPS) is 13.5. The van der Waals surface area contributed by atoms with Crippen LogP contribution in [0.25, 0.3) is 0 Å². The Morgan fingerprint density at radius 3 is 2.64 bits per heavy atom. The third kappa shape index (κ3) is 6.30. The highest BCUT2D eigenvalue weighted by Gasteiger charge is 2.19. The summed E-state index contributed by atoms with van der Waals surface area (Å²) in [6, 6.07) is 23.5. The Morgan fingerprint density at radius 1 is 1.06 bits per heavy atom. The molecule has 33 heavy (non-hydrogen) atoms. The molecule has 0 aliphatic carbocycles. The Labute approximate surface area is 198 Å². The van der Waals surface area contributed by atoms with Crippen LogP contribution in [-0.4, -0.2) is 36.4 Å². The van der Waals surface area contributed by atoms with E-state index in [4.69, 9.17) is 4.74 Å². The zero-order valence-corrected chi connectivity index (χ0v) is 19.8. The van der Waals surface area contributed by atoms with Crippen molar-refractivity contribution in [3.63, 3.8) is 0 Å². The molecule has 0 saturated carbocycles. The summed E-state index contributed by atoms with van der Waals surface area (Å²) in [7, 11) is -1.18. The van der Waals surface area contributed by atoms with Gasteiger partial charge in [0.1, 0.15) is 11.0 Å². The third-order valence-corrected chi connectivity index (χ3v) is 7.00. The highest BCUT2D eigenvalue weighted by molar-refractivity contribution is 7.83. The fraction of sp³-hybridized carbons (Fsp3) is 0.296. The maximum atomic E-state index is 12.4. The minimum atomic E-state index is -1.18. The summed E-state index contributed by atoms with van der Waals surface area (Å²) < 4.78 is 20.9. The molecular formula is C27H30N2O3S. The summed E-state index contributed by atoms with van der Waals surface area (Å²) in [6.45, 7) is 4.96. The van der Waals surface area contributed by atoms with Gasteiger partial charge >= 0.3 is 5.97 Å². The largest absolute Gasteiger partial charge is 0.462 e. The molecule has 0 bridgehead atoms. The monoisotopic (exact) mass is 462 g/mol. The Hall–Kier alpha value is -2.96. The van der Waals surface area contributed by atoms with Crippen LogP contribution in [0.15, 0.2) is 77.7 Å². The molecule has 3 aromatic rings. The van der Waals surface area contributed by atoms with Gasteiger partial charge in [0.2, 0.25) is 0 Å². The number of nitrogens with zero attached hydrogens (tertiary/aromatic N) is 1. The topological polar surface area (TPSA) is 58.6 Å². The van der Waals surface area contributed by atoms with Crippen molar-refractivity contribution in [2.45, 2.75) is 31.1 Å². The second kappa shape index (κ2) is 11.3. The van der Waals surface area contributed by atoms with E-state index in [1.54, 1.807) is 12.1 Å². The maximum Gasteiger partial charge on any atom is 0.338 e. The van der Waals surface area contributed by atoms with Crippen LogP contribution in [0.5, 0.6) is 0 Å². The summed E-state index contributed by atoms with van der Waals surface area (Å²) in [5, 5.41) is 0. The van der Waals surface area contributed by atoms with Crippen LogP contribution in [0.4, 0.5) is 5.69 Å². The van der Waals surface area contributed by atoms with Gasteiger partial charge in [-0.05, 0) is 67.6 Å². The number of fused-ring (bicyclic) bond motifs is 1. The molecule has 0 fully saturated rings. The molecule has 1 aliphatic heterocycles. The van der Waals surface area contributed by atoms with Crippen molar-refractivity contribution in [3.05, 3.63) is 95.1 Å². The molecule has 172 valence electrons. The molecule has 1 heterocycles. The molecule has 1 N–H and O–H groups in total. The summed E-state index contributed by atoms with van der Waals surface area (Å²) in [4.78, 5) is 15.2. The van der Waals surface area contributed by atoms with Gasteiger partial charge in [-0.1, -0.05) is 48.0 Å². The number of anilines is 1. The van der Waals surface area contributed by atoms with Crippen molar-refractivity contribution >= 4 is 22.6 Å². The molecule has 0 spiro atoms. The molecule has 0 aromatic heterocycles. The van der Waals surface area contributed by atoms with Crippen LogP contribution in [-0.2, 0) is 28.6 Å². The van der Waals surface area contributed by atoms with Gasteiger partial charge in [0, 0.05) is 25.3 Å². The van der Waals surface area contributed by atoms with Gasteiger partial charge in [0.25, 0.3) is 0 Å². The average Bonchev–Trinajstić information content (AvgIpc) is 3.25. The molecule has 0 saturated heterocycles. The zero-order chi connectivity index (χ0) is 23.0. The van der Waals surface area contributed by atoms with Crippen molar-refractivity contribution < 1.29 is 13.7 Å². The molecule has 0 amide bonds. The molecule has 3 aromatic carbocycles. The fourth-order valence-corrected chi connectivity index (χ4v) is 4.86. The van der Waals surface area contributed by atoms with Gasteiger partial charge in [-0.2, -0.15) is 0 Å². The number of esters is 1. The first-order valence-corrected chi connectivity index (χ1v) is 12.6. The number of rotatable bonds is 10. The first-order chi connectivity index (χ1) is 16.1. The highest BCUT2D eigenvalue weighted by Crippen LogP contribution is 2.29. The van der Waals surface area contributed by atoms with Crippen molar-refractivity contribution in [1.29, 1.82) is 0 Å². The predicted octanol–water partition coefficient (Wildman–Crippen LogP) is 4.46. The predicted molar refractivity (Wildman–Crippen MR) is 133 cm³/mol. The van der Waals surface area contributed by atoms with Gasteiger partial charge < -0.3 is 9.64 Å². The SMILES string of the molecule is Cc1ccc(S(=O)NCCc2ccc3c(c2)CCN3CCCOC(=O)c2ccccc2)cc1. The lowest BCUT2D eigenvalue weighted by Gasteiger charge is -2.19. The number of aryl methyl sites for hydroxylation is 1. The number of carbonyl (C=O) groups excluding carboxylic acids is 1. The molecule has 0 radical (unpaired) electrons. The van der Waals surface area contributed by atoms with Crippen LogP contribution in [0.1, 0.15) is 33.5 Å². The number of benzene rings is 3. The summed E-state index contributed by atoms with van der Waals surface area (Å²) in [5.74, 6) is -0.265. The van der Waals surface area contributed by atoms with Gasteiger partial charge in [0.05, 0.1) is 17.1 Å². The number of carbonyl (C=O) groups is 1. The number of ether oxygens (including phenoxy) is 1. The van der Waals surface area contributed by atoms with E-state index in [1.165, 1.54) is 16.8 Å². The van der Waals surface area contributed by atoms with E-state index in [-0.39, 0.29) is 5.97 Å². The summed E-state index contributed by atoms with van der Waals surface area (Å²) in [6.07, 6.45) is 2.66. The zero-order valence-electron chi connectivity index (χ0n) is 19.0. The van der Waals surface area contributed by atoms with Crippen molar-refractivity contribution in [2.24, 2.45) is 0 Å². The summed E-state index contributed by atoms with van der Waals surface area (Å²) in [5.41, 5.74) is 5.63. The third-order valence-electron chi connectivity index (χ3n) is 5.83. The Balaban J connectivity index is 1.21. The lowest BCUT2D eigenvalue weighted by Crippen LogP contribution is -2.23. The number of hydrogen-bond donors (Lipinski definition) is 1. The van der Waals surface area contributed by atoms with Gasteiger partial charge in [0.15, 0.2) is 0 Å². The fourth-order valence-electron chi connectivity index (χ4n) is 4.02. The minimum Gasteiger partial charge on any atom is -0.462 e.